The molecule has 0 aliphatic heterocycles. The van der Waals surface area contributed by atoms with E-state index in [1.54, 1.807) is 0 Å². The van der Waals surface area contributed by atoms with Crippen LogP contribution in [0.1, 0.15) is 6.42 Å². The van der Waals surface area contributed by atoms with Crippen molar-refractivity contribution < 1.29 is 23.2 Å². The molecule has 1 aromatic rings. The van der Waals surface area contributed by atoms with E-state index in [9.17, 15) is 18.6 Å². The molecule has 17 heavy (non-hydrogen) atoms. The zero-order valence-electron chi connectivity index (χ0n) is 8.66. The normalized spacial score (nSPS) is 24.0. The van der Waals surface area contributed by atoms with E-state index in [1.807, 2.05) is 0 Å². The highest BCUT2D eigenvalue weighted by atomic mass is 32.2. The topological polar surface area (TPSA) is 121 Å². The molecule has 7 heteroatoms. The van der Waals surface area contributed by atoms with Gasteiger partial charge in [0.15, 0.2) is 4.87 Å². The highest BCUT2D eigenvalue weighted by Crippen LogP contribution is 2.22. The molecule has 1 atom stereocenters. The van der Waals surface area contributed by atoms with Gasteiger partial charge in [-0.05, 0) is 17.4 Å². The monoisotopic (exact) mass is 257 g/mol. The minimum atomic E-state index is -4.55. The first-order chi connectivity index (χ1) is 7.74. The summed E-state index contributed by atoms with van der Waals surface area (Å²) in [5, 5.41) is 19.7. The molecule has 0 heterocycles. The van der Waals surface area contributed by atoms with Crippen molar-refractivity contribution in [1.29, 1.82) is 0 Å². The molecule has 0 spiro atoms. The molecule has 6 nitrogen and oxygen atoms in total. The second kappa shape index (κ2) is 3.46. The number of benzene rings is 1. The van der Waals surface area contributed by atoms with E-state index in [-0.39, 0.29) is 21.9 Å². The van der Waals surface area contributed by atoms with Crippen LogP contribution in [-0.2, 0) is 10.1 Å². The Hall–Kier alpha value is -1.57. The minimum Gasteiger partial charge on any atom is -0.511 e. The van der Waals surface area contributed by atoms with Gasteiger partial charge < -0.3 is 15.9 Å². The number of aromatic hydroxyl groups is 1. The van der Waals surface area contributed by atoms with Crippen LogP contribution in [0, 0.1) is 0 Å². The maximum absolute atomic E-state index is 11.2. The van der Waals surface area contributed by atoms with Crippen molar-refractivity contribution in [3.8, 4) is 5.75 Å². The van der Waals surface area contributed by atoms with E-state index in [0.29, 0.717) is 0 Å². The average Bonchev–Trinajstić information content (AvgIpc) is 2.14. The van der Waals surface area contributed by atoms with Gasteiger partial charge >= 0.3 is 0 Å². The molecule has 1 aliphatic rings. The molecule has 1 aromatic carbocycles. The van der Waals surface area contributed by atoms with Crippen LogP contribution in [0.25, 0.3) is 11.8 Å². The second-order valence-corrected chi connectivity index (χ2v) is 5.65. The number of nitrogens with two attached hydrogens (primary N) is 1. The summed E-state index contributed by atoms with van der Waals surface area (Å²) in [4.78, 5) is -2.07. The predicted octanol–water partition coefficient (Wildman–Crippen LogP) is -1.21. The largest absolute Gasteiger partial charge is 0.511 e. The smallest absolute Gasteiger partial charge is 0.288 e. The average molecular weight is 257 g/mol. The number of hydrogen-bond acceptors (Lipinski definition) is 5. The number of phenolic OH excluding ortho intramolecular Hbond substituents is 1. The number of aliphatic hydroxyl groups is 1. The second-order valence-electron chi connectivity index (χ2n) is 3.94. The molecule has 1 aliphatic carbocycles. The van der Waals surface area contributed by atoms with Gasteiger partial charge in [-0.1, -0.05) is 12.1 Å². The van der Waals surface area contributed by atoms with Gasteiger partial charge in [-0.2, -0.15) is 8.42 Å². The Bertz CT molecular complexity index is 694. The van der Waals surface area contributed by atoms with Crippen LogP contribution in [0.4, 0.5) is 0 Å². The zero-order chi connectivity index (χ0) is 12.8. The highest BCUT2D eigenvalue weighted by Gasteiger charge is 2.39. The third-order valence-corrected chi connectivity index (χ3v) is 3.91. The standard InChI is InChI=1S/C10H11NO5S/c11-10(17(14,15)16)4-6-2-1-3-7(12)9(6)8(13)5-10/h1-4,12-13H,5,11H2,(H,14,15,16). The summed E-state index contributed by atoms with van der Waals surface area (Å²) in [6, 6.07) is 4.32. The number of aliphatic hydroxyl groups excluding tert-OH is 1. The number of phenols is 1. The van der Waals surface area contributed by atoms with Crippen molar-refractivity contribution in [3.63, 3.8) is 0 Å². The van der Waals surface area contributed by atoms with Gasteiger partial charge in [0, 0.05) is 6.42 Å². The summed E-state index contributed by atoms with van der Waals surface area (Å²) >= 11 is 0. The first-order valence-electron chi connectivity index (χ1n) is 4.73. The van der Waals surface area contributed by atoms with E-state index in [4.69, 9.17) is 10.3 Å². The molecule has 0 aromatic heterocycles. The molecule has 0 fully saturated rings. The first kappa shape index (κ1) is 11.9. The van der Waals surface area contributed by atoms with Crippen LogP contribution in [0.3, 0.4) is 0 Å². The Morgan fingerprint density at radius 2 is 1.94 bits per heavy atom. The van der Waals surface area contributed by atoms with Gasteiger partial charge in [0.25, 0.3) is 10.1 Å². The van der Waals surface area contributed by atoms with Crippen LogP contribution < -0.4 is 16.2 Å². The van der Waals surface area contributed by atoms with E-state index < -0.39 is 21.4 Å². The molecule has 0 radical (unpaired) electrons. The summed E-state index contributed by atoms with van der Waals surface area (Å²) in [7, 11) is -4.55. The molecule has 0 saturated carbocycles. The Morgan fingerprint density at radius 1 is 1.29 bits per heavy atom. The lowest BCUT2D eigenvalue weighted by atomic mass is 10.0. The summed E-state index contributed by atoms with van der Waals surface area (Å²) in [6.07, 6.45) is 0.619. The quantitative estimate of drug-likeness (QED) is 0.468. The van der Waals surface area contributed by atoms with E-state index in [2.05, 4.69) is 0 Å². The minimum absolute atomic E-state index is 0.136. The fourth-order valence-corrected chi connectivity index (χ4v) is 2.42. The van der Waals surface area contributed by atoms with Crippen LogP contribution in [0.15, 0.2) is 18.2 Å². The summed E-state index contributed by atoms with van der Waals surface area (Å²) in [5.41, 5.74) is 5.54. The van der Waals surface area contributed by atoms with Crippen LogP contribution in [0.2, 0.25) is 0 Å². The van der Waals surface area contributed by atoms with Crippen LogP contribution in [-0.4, -0.2) is 28.1 Å². The number of hydrogen-bond donors (Lipinski definition) is 4. The first-order valence-corrected chi connectivity index (χ1v) is 6.17. The van der Waals surface area contributed by atoms with Gasteiger partial charge in [0.2, 0.25) is 0 Å². The molecule has 92 valence electrons. The maximum Gasteiger partial charge on any atom is 0.288 e. The van der Waals surface area contributed by atoms with Crippen molar-refractivity contribution in [3.05, 3.63) is 28.6 Å². The van der Waals surface area contributed by atoms with Crippen molar-refractivity contribution in [1.82, 2.24) is 0 Å². The van der Waals surface area contributed by atoms with Gasteiger partial charge in [-0.3, -0.25) is 4.55 Å². The van der Waals surface area contributed by atoms with Crippen molar-refractivity contribution >= 4 is 22.0 Å². The van der Waals surface area contributed by atoms with Crippen molar-refractivity contribution in [2.75, 3.05) is 0 Å². The Kier molecular flexibility index (Phi) is 2.42. The fourth-order valence-electron chi connectivity index (χ4n) is 1.82. The molecule has 2 rings (SSSR count). The van der Waals surface area contributed by atoms with Gasteiger partial charge in [0.05, 0.1) is 5.22 Å². The lowest BCUT2D eigenvalue weighted by Gasteiger charge is -2.24. The summed E-state index contributed by atoms with van der Waals surface area (Å²) in [6.45, 7) is 0. The maximum atomic E-state index is 11.2. The van der Waals surface area contributed by atoms with Crippen molar-refractivity contribution in [2.24, 2.45) is 5.73 Å². The lowest BCUT2D eigenvalue weighted by Crippen LogP contribution is -2.51. The molecule has 0 saturated heterocycles. The number of fused-ring (bicyclic) bond motifs is 1. The third-order valence-electron chi connectivity index (χ3n) is 2.69. The van der Waals surface area contributed by atoms with Crippen molar-refractivity contribution in [2.45, 2.75) is 11.3 Å². The summed E-state index contributed by atoms with van der Waals surface area (Å²) < 4.78 is 31.4. The van der Waals surface area contributed by atoms with E-state index in [1.165, 1.54) is 18.2 Å². The Labute approximate surface area is 97.1 Å². The molecule has 5 N–H and O–H groups in total. The predicted molar refractivity (Wildman–Crippen MR) is 60.9 cm³/mol. The zero-order valence-corrected chi connectivity index (χ0v) is 9.48. The van der Waals surface area contributed by atoms with Crippen LogP contribution >= 0.6 is 0 Å². The molecule has 0 bridgehead atoms. The Morgan fingerprint density at radius 3 is 2.53 bits per heavy atom. The molecule has 1 unspecified atom stereocenters. The third kappa shape index (κ3) is 1.78. The molecular weight excluding hydrogens is 246 g/mol. The number of rotatable bonds is 1. The fraction of sp³-hybridized carbons (Fsp3) is 0.200. The van der Waals surface area contributed by atoms with Gasteiger partial charge in [-0.25, -0.2) is 0 Å². The highest BCUT2D eigenvalue weighted by molar-refractivity contribution is 7.87. The summed E-state index contributed by atoms with van der Waals surface area (Å²) in [5.74, 6) is -0.547. The van der Waals surface area contributed by atoms with E-state index in [0.717, 1.165) is 6.08 Å². The molecule has 0 amide bonds. The molecular formula is C10H11NO5S. The van der Waals surface area contributed by atoms with Crippen LogP contribution in [0.5, 0.6) is 5.75 Å². The lowest BCUT2D eigenvalue weighted by molar-refractivity contribution is 0.418. The Balaban J connectivity index is 2.86. The van der Waals surface area contributed by atoms with Gasteiger partial charge in [-0.15, -0.1) is 0 Å². The SMILES string of the molecule is NC1(S(=O)(=O)O)C=c2cccc(O)c2=C(O)C1. The van der Waals surface area contributed by atoms with Gasteiger partial charge in [0.1, 0.15) is 11.5 Å². The van der Waals surface area contributed by atoms with E-state index >= 15 is 0 Å².